The molecule has 1 aliphatic heterocycles. The van der Waals surface area contributed by atoms with E-state index in [1.165, 1.54) is 0 Å². The first-order valence-electron chi connectivity index (χ1n) is 7.54. The van der Waals surface area contributed by atoms with Crippen LogP contribution in [0.1, 0.15) is 36.2 Å². The third-order valence-corrected chi connectivity index (χ3v) is 4.12. The first-order chi connectivity index (χ1) is 10.6. The Morgan fingerprint density at radius 1 is 1.18 bits per heavy atom. The number of hydrogen-bond donors (Lipinski definition) is 1. The zero-order valence-corrected chi connectivity index (χ0v) is 12.2. The van der Waals surface area contributed by atoms with Gasteiger partial charge in [-0.3, -0.25) is 9.59 Å². The van der Waals surface area contributed by atoms with Crippen LogP contribution in [0.4, 0.5) is 0 Å². The van der Waals surface area contributed by atoms with Gasteiger partial charge in [-0.25, -0.2) is 4.98 Å². The fourth-order valence-corrected chi connectivity index (χ4v) is 3.01. The first-order valence-corrected chi connectivity index (χ1v) is 7.54. The molecule has 1 aliphatic rings. The number of likely N-dealkylation sites (tertiary alicyclic amines) is 1. The lowest BCUT2D eigenvalue weighted by molar-refractivity contribution is -0.138. The summed E-state index contributed by atoms with van der Waals surface area (Å²) in [6.45, 7) is 0.602. The Hall–Kier alpha value is -2.43. The molecule has 1 saturated heterocycles. The van der Waals surface area contributed by atoms with E-state index in [0.717, 1.165) is 30.2 Å². The highest BCUT2D eigenvalue weighted by Crippen LogP contribution is 2.22. The van der Waals surface area contributed by atoms with Crippen LogP contribution in [0.3, 0.4) is 0 Å². The van der Waals surface area contributed by atoms with Crippen LogP contribution >= 0.6 is 0 Å². The highest BCUT2D eigenvalue weighted by molar-refractivity contribution is 5.95. The molecule has 3 rings (SSSR count). The lowest BCUT2D eigenvalue weighted by atomic mass is 9.99. The van der Waals surface area contributed by atoms with E-state index < -0.39 is 5.97 Å². The van der Waals surface area contributed by atoms with E-state index in [0.29, 0.717) is 12.2 Å². The molecule has 22 heavy (non-hydrogen) atoms. The molecule has 1 aromatic heterocycles. The number of aromatic nitrogens is 1. The second-order valence-corrected chi connectivity index (χ2v) is 5.64. The quantitative estimate of drug-likeness (QED) is 0.945. The van der Waals surface area contributed by atoms with Gasteiger partial charge in [-0.1, -0.05) is 24.3 Å². The van der Waals surface area contributed by atoms with E-state index in [1.54, 1.807) is 11.0 Å². The number of hydrogen-bond acceptors (Lipinski definition) is 3. The number of carboxylic acid groups (broad SMARTS) is 1. The van der Waals surface area contributed by atoms with Crippen LogP contribution < -0.4 is 0 Å². The highest BCUT2D eigenvalue weighted by Gasteiger charge is 2.29. The van der Waals surface area contributed by atoms with Gasteiger partial charge < -0.3 is 10.0 Å². The number of nitrogens with zero attached hydrogens (tertiary/aromatic N) is 2. The van der Waals surface area contributed by atoms with Crippen molar-refractivity contribution in [1.29, 1.82) is 0 Å². The molecule has 5 nitrogen and oxygen atoms in total. The zero-order valence-electron chi connectivity index (χ0n) is 12.2. The second kappa shape index (κ2) is 6.13. The fraction of sp³-hybridized carbons (Fsp3) is 0.353. The van der Waals surface area contributed by atoms with Crippen LogP contribution in [0.15, 0.2) is 36.4 Å². The normalized spacial score (nSPS) is 18.4. The molecule has 114 valence electrons. The van der Waals surface area contributed by atoms with E-state index in [-0.39, 0.29) is 18.4 Å². The summed E-state index contributed by atoms with van der Waals surface area (Å²) < 4.78 is 0. The Morgan fingerprint density at radius 3 is 2.82 bits per heavy atom. The number of piperidine rings is 1. The molecule has 1 fully saturated rings. The van der Waals surface area contributed by atoms with Crippen molar-refractivity contribution in [3.8, 4) is 0 Å². The van der Waals surface area contributed by atoms with Crippen LogP contribution in [-0.4, -0.2) is 39.5 Å². The number of benzene rings is 1. The summed E-state index contributed by atoms with van der Waals surface area (Å²) in [5.41, 5.74) is 1.16. The van der Waals surface area contributed by atoms with Gasteiger partial charge in [-0.2, -0.15) is 0 Å². The highest BCUT2D eigenvalue weighted by atomic mass is 16.4. The largest absolute Gasteiger partial charge is 0.481 e. The first kappa shape index (κ1) is 14.5. The fourth-order valence-electron chi connectivity index (χ4n) is 3.01. The number of aliphatic carboxylic acids is 1. The molecule has 1 unspecified atom stereocenters. The topological polar surface area (TPSA) is 70.5 Å². The SMILES string of the molecule is O=C(O)CC1CCCCN1C(=O)c1ccc2ccccc2n1. The maximum Gasteiger partial charge on any atom is 0.305 e. The molecule has 2 heterocycles. The Balaban J connectivity index is 1.87. The third-order valence-electron chi connectivity index (χ3n) is 4.12. The summed E-state index contributed by atoms with van der Waals surface area (Å²) in [4.78, 5) is 29.8. The molecule has 0 saturated carbocycles. The number of carbonyl (C=O) groups excluding carboxylic acids is 1. The lowest BCUT2D eigenvalue weighted by Gasteiger charge is -2.34. The van der Waals surface area contributed by atoms with Crippen molar-refractivity contribution in [3.63, 3.8) is 0 Å². The number of carboxylic acids is 1. The molecule has 0 radical (unpaired) electrons. The van der Waals surface area contributed by atoms with Crippen molar-refractivity contribution in [2.75, 3.05) is 6.54 Å². The smallest absolute Gasteiger partial charge is 0.305 e. The van der Waals surface area contributed by atoms with Gasteiger partial charge in [0.25, 0.3) is 5.91 Å². The molecule has 1 aromatic carbocycles. The number of carbonyl (C=O) groups is 2. The van der Waals surface area contributed by atoms with E-state index in [4.69, 9.17) is 5.11 Å². The van der Waals surface area contributed by atoms with Crippen molar-refractivity contribution in [3.05, 3.63) is 42.1 Å². The van der Waals surface area contributed by atoms with Crippen molar-refractivity contribution in [2.24, 2.45) is 0 Å². The Bertz CT molecular complexity index is 714. The number of para-hydroxylation sites is 1. The van der Waals surface area contributed by atoms with Crippen molar-refractivity contribution in [2.45, 2.75) is 31.7 Å². The molecule has 1 atom stereocenters. The average Bonchev–Trinajstić information content (AvgIpc) is 2.54. The molecule has 0 aliphatic carbocycles. The van der Waals surface area contributed by atoms with E-state index in [2.05, 4.69) is 4.98 Å². The van der Waals surface area contributed by atoms with Crippen molar-refractivity contribution in [1.82, 2.24) is 9.88 Å². The molecule has 1 N–H and O–H groups in total. The monoisotopic (exact) mass is 298 g/mol. The van der Waals surface area contributed by atoms with Gasteiger partial charge in [0.2, 0.25) is 0 Å². The maximum atomic E-state index is 12.7. The minimum atomic E-state index is -0.865. The maximum absolute atomic E-state index is 12.7. The summed E-state index contributed by atoms with van der Waals surface area (Å²) in [5, 5.41) is 10.0. The third kappa shape index (κ3) is 2.93. The predicted octanol–water partition coefficient (Wildman–Crippen LogP) is 2.70. The van der Waals surface area contributed by atoms with E-state index in [1.807, 2.05) is 30.3 Å². The van der Waals surface area contributed by atoms with Crippen LogP contribution in [0.25, 0.3) is 10.9 Å². The lowest BCUT2D eigenvalue weighted by Crippen LogP contribution is -2.45. The Labute approximate surface area is 128 Å². The second-order valence-electron chi connectivity index (χ2n) is 5.64. The summed E-state index contributed by atoms with van der Waals surface area (Å²) in [6, 6.07) is 11.0. The Kier molecular flexibility index (Phi) is 4.04. The van der Waals surface area contributed by atoms with Gasteiger partial charge in [0.1, 0.15) is 5.69 Å². The number of fused-ring (bicyclic) bond motifs is 1. The molecule has 0 spiro atoms. The van der Waals surface area contributed by atoms with Crippen molar-refractivity contribution >= 4 is 22.8 Å². The summed E-state index contributed by atoms with van der Waals surface area (Å²) in [7, 11) is 0. The van der Waals surface area contributed by atoms with Crippen LogP contribution in [-0.2, 0) is 4.79 Å². The van der Waals surface area contributed by atoms with Gasteiger partial charge >= 0.3 is 5.97 Å². The van der Waals surface area contributed by atoms with Crippen LogP contribution in [0.2, 0.25) is 0 Å². The van der Waals surface area contributed by atoms with Gasteiger partial charge in [0.15, 0.2) is 0 Å². The molecular weight excluding hydrogens is 280 g/mol. The van der Waals surface area contributed by atoms with Gasteiger partial charge in [0, 0.05) is 18.0 Å². The standard InChI is InChI=1S/C17H18N2O3/c20-16(21)11-13-6-3-4-10-19(13)17(22)15-9-8-12-5-1-2-7-14(12)18-15/h1-2,5,7-9,13H,3-4,6,10-11H2,(H,20,21). The minimum absolute atomic E-state index is 0.000673. The minimum Gasteiger partial charge on any atom is -0.481 e. The zero-order chi connectivity index (χ0) is 15.5. The van der Waals surface area contributed by atoms with Gasteiger partial charge in [-0.05, 0) is 31.4 Å². The number of rotatable bonds is 3. The van der Waals surface area contributed by atoms with E-state index in [9.17, 15) is 9.59 Å². The molecular formula is C17H18N2O3. The summed E-state index contributed by atoms with van der Waals surface area (Å²) in [6.07, 6.45) is 2.62. The predicted molar refractivity (Wildman–Crippen MR) is 82.7 cm³/mol. The molecule has 2 aromatic rings. The molecule has 0 bridgehead atoms. The number of amides is 1. The average molecular weight is 298 g/mol. The summed E-state index contributed by atoms with van der Waals surface area (Å²) >= 11 is 0. The number of pyridine rings is 1. The Morgan fingerprint density at radius 2 is 2.00 bits per heavy atom. The van der Waals surface area contributed by atoms with Crippen LogP contribution in [0, 0.1) is 0 Å². The molecule has 1 amide bonds. The van der Waals surface area contributed by atoms with Crippen molar-refractivity contribution < 1.29 is 14.7 Å². The van der Waals surface area contributed by atoms with Crippen LogP contribution in [0.5, 0.6) is 0 Å². The van der Waals surface area contributed by atoms with Gasteiger partial charge in [0.05, 0.1) is 11.9 Å². The summed E-state index contributed by atoms with van der Waals surface area (Å²) in [5.74, 6) is -1.03. The van der Waals surface area contributed by atoms with E-state index >= 15 is 0 Å². The van der Waals surface area contributed by atoms with Gasteiger partial charge in [-0.15, -0.1) is 0 Å². The molecule has 5 heteroatoms.